The Morgan fingerprint density at radius 3 is 2.35 bits per heavy atom. The monoisotopic (exact) mass is 430 g/mol. The molecule has 0 aromatic rings. The number of carbonyl (C=O) groups is 2. The lowest BCUT2D eigenvalue weighted by molar-refractivity contribution is -0.159. The van der Waals surface area contributed by atoms with Gasteiger partial charge in [0.15, 0.2) is 0 Å². The molecule has 3 saturated carbocycles. The van der Waals surface area contributed by atoms with Gasteiger partial charge in [-0.1, -0.05) is 39.3 Å². The van der Waals surface area contributed by atoms with Crippen LogP contribution in [-0.4, -0.2) is 24.1 Å². The summed E-state index contributed by atoms with van der Waals surface area (Å²) in [6.45, 7) is 8.95. The summed E-state index contributed by atoms with van der Waals surface area (Å²) in [6.07, 6.45) is 14.3. The molecule has 0 amide bonds. The standard InChI is InChI=1S/C27H42O4/c1-5-7-24(28)30-19-13-15-26(3)18(17-19)9-10-20-21-11-12-23(31-25(29)8-6-2)27(21,4)16-14-22(20)26/h9,19-23H,5-8,10-17H2,1-4H3/t19-,20-,21-,22-,23-,26-,27-/m0/s1. The molecule has 4 heteroatoms. The van der Waals surface area contributed by atoms with Gasteiger partial charge < -0.3 is 9.47 Å². The van der Waals surface area contributed by atoms with Crippen LogP contribution in [0.4, 0.5) is 0 Å². The van der Waals surface area contributed by atoms with E-state index in [2.05, 4.69) is 19.9 Å². The molecule has 0 unspecified atom stereocenters. The normalized spacial score (nSPS) is 41.4. The minimum absolute atomic E-state index is 0.00905. The third-order valence-corrected chi connectivity index (χ3v) is 9.45. The van der Waals surface area contributed by atoms with Crippen molar-refractivity contribution in [2.75, 3.05) is 0 Å². The lowest BCUT2D eigenvalue weighted by atomic mass is 9.48. The van der Waals surface area contributed by atoms with Gasteiger partial charge in [0, 0.05) is 24.7 Å². The summed E-state index contributed by atoms with van der Waals surface area (Å²) >= 11 is 0. The van der Waals surface area contributed by atoms with E-state index in [1.807, 2.05) is 13.8 Å². The van der Waals surface area contributed by atoms with Crippen LogP contribution in [0, 0.1) is 28.6 Å². The van der Waals surface area contributed by atoms with Crippen molar-refractivity contribution >= 4 is 11.9 Å². The second kappa shape index (κ2) is 8.90. The zero-order valence-corrected chi connectivity index (χ0v) is 20.1. The highest BCUT2D eigenvalue weighted by molar-refractivity contribution is 5.70. The van der Waals surface area contributed by atoms with Crippen molar-refractivity contribution in [3.8, 4) is 0 Å². The quantitative estimate of drug-likeness (QED) is 0.363. The van der Waals surface area contributed by atoms with Gasteiger partial charge in [-0.25, -0.2) is 0 Å². The number of carbonyl (C=O) groups excluding carboxylic acids is 2. The molecule has 0 N–H and O–H groups in total. The molecule has 4 rings (SSSR count). The van der Waals surface area contributed by atoms with Gasteiger partial charge in [0.1, 0.15) is 12.2 Å². The number of hydrogen-bond acceptors (Lipinski definition) is 4. The maximum absolute atomic E-state index is 12.2. The summed E-state index contributed by atoms with van der Waals surface area (Å²) in [6, 6.07) is 0. The van der Waals surface area contributed by atoms with Crippen LogP contribution in [0.2, 0.25) is 0 Å². The van der Waals surface area contributed by atoms with Gasteiger partial charge in [-0.15, -0.1) is 0 Å². The van der Waals surface area contributed by atoms with E-state index in [0.29, 0.717) is 30.6 Å². The largest absolute Gasteiger partial charge is 0.462 e. The van der Waals surface area contributed by atoms with Crippen LogP contribution in [0.3, 0.4) is 0 Å². The molecule has 174 valence electrons. The molecule has 0 radical (unpaired) electrons. The molecular formula is C27H42O4. The van der Waals surface area contributed by atoms with Crippen LogP contribution in [-0.2, 0) is 19.1 Å². The number of fused-ring (bicyclic) bond motifs is 5. The van der Waals surface area contributed by atoms with E-state index in [0.717, 1.165) is 44.9 Å². The Morgan fingerprint density at radius 1 is 0.935 bits per heavy atom. The summed E-state index contributed by atoms with van der Waals surface area (Å²) in [4.78, 5) is 24.2. The van der Waals surface area contributed by atoms with Crippen molar-refractivity contribution in [2.45, 2.75) is 117 Å². The van der Waals surface area contributed by atoms with Gasteiger partial charge in [-0.3, -0.25) is 9.59 Å². The molecule has 7 atom stereocenters. The molecule has 0 saturated heterocycles. The van der Waals surface area contributed by atoms with Gasteiger partial charge in [-0.05, 0) is 81.0 Å². The topological polar surface area (TPSA) is 52.6 Å². The first-order valence-electron chi connectivity index (χ1n) is 12.9. The van der Waals surface area contributed by atoms with E-state index in [1.165, 1.54) is 19.3 Å². The van der Waals surface area contributed by atoms with Crippen molar-refractivity contribution in [1.29, 1.82) is 0 Å². The first-order valence-corrected chi connectivity index (χ1v) is 12.9. The molecule has 31 heavy (non-hydrogen) atoms. The fourth-order valence-corrected chi connectivity index (χ4v) is 7.74. The summed E-state index contributed by atoms with van der Waals surface area (Å²) < 4.78 is 11.8. The van der Waals surface area contributed by atoms with Crippen LogP contribution < -0.4 is 0 Å². The Bertz CT molecular complexity index is 727. The minimum Gasteiger partial charge on any atom is -0.462 e. The Kier molecular flexibility index (Phi) is 6.57. The van der Waals surface area contributed by atoms with Gasteiger partial charge in [0.25, 0.3) is 0 Å². The summed E-state index contributed by atoms with van der Waals surface area (Å²) in [5.74, 6) is 2.02. The lowest BCUT2D eigenvalue weighted by Gasteiger charge is -2.57. The highest BCUT2D eigenvalue weighted by Crippen LogP contribution is 2.65. The number of ether oxygens (including phenoxy) is 2. The van der Waals surface area contributed by atoms with Crippen molar-refractivity contribution < 1.29 is 19.1 Å². The van der Waals surface area contributed by atoms with Crippen molar-refractivity contribution in [3.05, 3.63) is 11.6 Å². The molecular weight excluding hydrogens is 388 g/mol. The summed E-state index contributed by atoms with van der Waals surface area (Å²) in [7, 11) is 0. The van der Waals surface area contributed by atoms with Crippen LogP contribution in [0.15, 0.2) is 11.6 Å². The highest BCUT2D eigenvalue weighted by atomic mass is 16.5. The second-order valence-corrected chi connectivity index (χ2v) is 11.2. The Balaban J connectivity index is 1.47. The van der Waals surface area contributed by atoms with Gasteiger partial charge >= 0.3 is 11.9 Å². The van der Waals surface area contributed by atoms with Crippen LogP contribution in [0.1, 0.15) is 105 Å². The third kappa shape index (κ3) is 4.09. The van der Waals surface area contributed by atoms with E-state index in [-0.39, 0.29) is 35.0 Å². The molecule has 0 spiro atoms. The van der Waals surface area contributed by atoms with E-state index in [1.54, 1.807) is 5.57 Å². The molecule has 0 bridgehead atoms. The number of hydrogen-bond donors (Lipinski definition) is 0. The van der Waals surface area contributed by atoms with E-state index < -0.39 is 0 Å². The maximum atomic E-state index is 12.2. The Labute approximate surface area is 188 Å². The molecule has 0 aromatic carbocycles. The number of allylic oxidation sites excluding steroid dienone is 1. The van der Waals surface area contributed by atoms with E-state index >= 15 is 0 Å². The van der Waals surface area contributed by atoms with Crippen LogP contribution in [0.25, 0.3) is 0 Å². The minimum atomic E-state index is -0.0339. The van der Waals surface area contributed by atoms with Crippen molar-refractivity contribution in [3.63, 3.8) is 0 Å². The average molecular weight is 431 g/mol. The summed E-state index contributed by atoms with van der Waals surface area (Å²) in [5.41, 5.74) is 1.93. The number of esters is 2. The zero-order valence-electron chi connectivity index (χ0n) is 20.1. The molecule has 0 aromatic heterocycles. The molecule has 0 heterocycles. The van der Waals surface area contributed by atoms with Crippen LogP contribution in [0.5, 0.6) is 0 Å². The molecule has 4 aliphatic rings. The fraction of sp³-hybridized carbons (Fsp3) is 0.852. The first-order chi connectivity index (χ1) is 14.8. The maximum Gasteiger partial charge on any atom is 0.306 e. The Morgan fingerprint density at radius 2 is 1.65 bits per heavy atom. The van der Waals surface area contributed by atoms with Gasteiger partial charge in [0.05, 0.1) is 0 Å². The lowest BCUT2D eigenvalue weighted by Crippen LogP contribution is -2.51. The first kappa shape index (κ1) is 22.9. The zero-order chi connectivity index (χ0) is 22.2. The smallest absolute Gasteiger partial charge is 0.306 e. The second-order valence-electron chi connectivity index (χ2n) is 11.2. The van der Waals surface area contributed by atoms with Gasteiger partial charge in [0.2, 0.25) is 0 Å². The van der Waals surface area contributed by atoms with Crippen molar-refractivity contribution in [1.82, 2.24) is 0 Å². The predicted molar refractivity (Wildman–Crippen MR) is 121 cm³/mol. The molecule has 4 aliphatic carbocycles. The van der Waals surface area contributed by atoms with Gasteiger partial charge in [-0.2, -0.15) is 0 Å². The Hall–Kier alpha value is -1.32. The van der Waals surface area contributed by atoms with E-state index in [4.69, 9.17) is 9.47 Å². The SMILES string of the molecule is CCCC(=O)O[C@H]1CC[C@@]2(C)C(=CC[C@H]3[C@@H]4CC[C@H](OC(=O)CCC)[C@@]4(C)CC[C@@H]32)C1. The summed E-state index contributed by atoms with van der Waals surface area (Å²) in [5, 5.41) is 0. The predicted octanol–water partition coefficient (Wildman–Crippen LogP) is 6.37. The fourth-order valence-electron chi connectivity index (χ4n) is 7.74. The van der Waals surface area contributed by atoms with Crippen molar-refractivity contribution in [2.24, 2.45) is 28.6 Å². The molecule has 0 aliphatic heterocycles. The highest BCUT2D eigenvalue weighted by Gasteiger charge is 2.59. The third-order valence-electron chi connectivity index (χ3n) is 9.45. The number of rotatable bonds is 6. The molecule has 3 fully saturated rings. The van der Waals surface area contributed by atoms with Crippen LogP contribution >= 0.6 is 0 Å². The average Bonchev–Trinajstić information content (AvgIpc) is 3.05. The molecule has 4 nitrogen and oxygen atoms in total. The van der Waals surface area contributed by atoms with E-state index in [9.17, 15) is 9.59 Å².